The molecule has 31 heavy (non-hydrogen) atoms. The van der Waals surface area contributed by atoms with Crippen molar-refractivity contribution < 1.29 is 14.4 Å². The molecule has 2 aromatic carbocycles. The lowest BCUT2D eigenvalue weighted by molar-refractivity contribution is -0.909. The lowest BCUT2D eigenvalue weighted by Crippen LogP contribution is -3.14. The Balaban J connectivity index is 1.68. The molecule has 2 unspecified atom stereocenters. The van der Waals surface area contributed by atoms with E-state index < -0.39 is 0 Å². The monoisotopic (exact) mass is 421 g/mol. The SMILES string of the molecule is CCOc1ccc(-n2nc(C(=O)NCC3CCC[NH+]3CC)c3ccccc3c2=O)cc1. The summed E-state index contributed by atoms with van der Waals surface area (Å²) in [5.74, 6) is 0.468. The number of amides is 1. The highest BCUT2D eigenvalue weighted by molar-refractivity contribution is 6.04. The van der Waals surface area contributed by atoms with Crippen LogP contribution in [0.25, 0.3) is 16.5 Å². The van der Waals surface area contributed by atoms with Crippen molar-refractivity contribution in [3.8, 4) is 11.4 Å². The molecule has 1 aliphatic heterocycles. The van der Waals surface area contributed by atoms with Gasteiger partial charge in [0, 0.05) is 18.2 Å². The first-order chi connectivity index (χ1) is 15.1. The van der Waals surface area contributed by atoms with E-state index >= 15 is 0 Å². The number of carbonyl (C=O) groups is 1. The van der Waals surface area contributed by atoms with Gasteiger partial charge in [0.2, 0.25) is 0 Å². The van der Waals surface area contributed by atoms with Crippen LogP contribution in [-0.4, -0.2) is 48.0 Å². The van der Waals surface area contributed by atoms with Crippen molar-refractivity contribution in [2.75, 3.05) is 26.2 Å². The molecule has 0 bridgehead atoms. The van der Waals surface area contributed by atoms with Gasteiger partial charge in [-0.15, -0.1) is 0 Å². The van der Waals surface area contributed by atoms with Crippen molar-refractivity contribution in [2.45, 2.75) is 32.7 Å². The highest BCUT2D eigenvalue weighted by Gasteiger charge is 2.28. The van der Waals surface area contributed by atoms with Crippen LogP contribution < -0.4 is 20.5 Å². The average Bonchev–Trinajstić information content (AvgIpc) is 3.26. The summed E-state index contributed by atoms with van der Waals surface area (Å²) in [5.41, 5.74) is 0.597. The van der Waals surface area contributed by atoms with Gasteiger partial charge in [-0.2, -0.15) is 9.78 Å². The number of nitrogens with zero attached hydrogens (tertiary/aromatic N) is 2. The first-order valence-corrected chi connectivity index (χ1v) is 11.0. The molecule has 4 rings (SSSR count). The molecule has 7 heteroatoms. The van der Waals surface area contributed by atoms with Crippen LogP contribution in [0, 0.1) is 0 Å². The molecule has 1 aliphatic rings. The minimum atomic E-state index is -0.256. The number of likely N-dealkylation sites (N-methyl/N-ethyl adjacent to an activating group) is 1. The van der Waals surface area contributed by atoms with E-state index in [0.29, 0.717) is 35.7 Å². The highest BCUT2D eigenvalue weighted by Crippen LogP contribution is 2.17. The van der Waals surface area contributed by atoms with Crippen molar-refractivity contribution in [1.82, 2.24) is 15.1 Å². The third-order valence-electron chi connectivity index (χ3n) is 6.00. The molecule has 1 fully saturated rings. The Morgan fingerprint density at radius 2 is 1.90 bits per heavy atom. The maximum atomic E-state index is 13.1. The molecular formula is C24H29N4O3+. The zero-order chi connectivity index (χ0) is 21.8. The number of hydrogen-bond donors (Lipinski definition) is 2. The summed E-state index contributed by atoms with van der Waals surface area (Å²) < 4.78 is 6.78. The lowest BCUT2D eigenvalue weighted by atomic mass is 10.1. The summed E-state index contributed by atoms with van der Waals surface area (Å²) in [4.78, 5) is 27.7. The quantitative estimate of drug-likeness (QED) is 0.607. The predicted octanol–water partition coefficient (Wildman–Crippen LogP) is 1.58. The van der Waals surface area contributed by atoms with Crippen molar-refractivity contribution >= 4 is 16.7 Å². The largest absolute Gasteiger partial charge is 0.494 e. The standard InChI is InChI=1S/C24H28N4O3/c1-3-27-15-7-8-18(27)16-25-23(29)22-20-9-5-6-10-21(20)24(30)28(26-22)17-11-13-19(14-12-17)31-4-2/h5-6,9-14,18H,3-4,7-8,15-16H2,1-2H3,(H,25,29)/p+1. The first-order valence-electron chi connectivity index (χ1n) is 11.0. The molecule has 0 spiro atoms. The predicted molar refractivity (Wildman–Crippen MR) is 120 cm³/mol. The number of nitrogens with one attached hydrogen (secondary N) is 2. The van der Waals surface area contributed by atoms with Crippen LogP contribution in [-0.2, 0) is 0 Å². The van der Waals surface area contributed by atoms with Crippen LogP contribution in [0.2, 0.25) is 0 Å². The number of aromatic nitrogens is 2. The second-order valence-electron chi connectivity index (χ2n) is 7.85. The summed E-state index contributed by atoms with van der Waals surface area (Å²) in [6, 6.07) is 14.7. The fourth-order valence-corrected chi connectivity index (χ4v) is 4.38. The smallest absolute Gasteiger partial charge is 0.279 e. The molecule has 162 valence electrons. The molecule has 2 heterocycles. The van der Waals surface area contributed by atoms with Gasteiger partial charge in [-0.3, -0.25) is 9.59 Å². The molecule has 2 N–H and O–H groups in total. The Morgan fingerprint density at radius 1 is 1.16 bits per heavy atom. The van der Waals surface area contributed by atoms with Gasteiger partial charge in [0.05, 0.1) is 37.3 Å². The van der Waals surface area contributed by atoms with E-state index in [1.54, 1.807) is 42.5 Å². The maximum absolute atomic E-state index is 13.1. The van der Waals surface area contributed by atoms with Crippen LogP contribution in [0.5, 0.6) is 5.75 Å². The number of ether oxygens (including phenoxy) is 1. The summed E-state index contributed by atoms with van der Waals surface area (Å²) in [5, 5.41) is 8.58. The van der Waals surface area contributed by atoms with Gasteiger partial charge >= 0.3 is 0 Å². The van der Waals surface area contributed by atoms with Crippen LogP contribution in [0.3, 0.4) is 0 Å². The van der Waals surface area contributed by atoms with Gasteiger partial charge < -0.3 is 15.0 Å². The first kappa shape index (κ1) is 21.1. The summed E-state index contributed by atoms with van der Waals surface area (Å²) in [6.07, 6.45) is 2.30. The molecule has 2 atom stereocenters. The Morgan fingerprint density at radius 3 is 2.61 bits per heavy atom. The Labute approximate surface area is 181 Å². The van der Waals surface area contributed by atoms with Gasteiger partial charge in [0.15, 0.2) is 5.69 Å². The number of benzene rings is 2. The minimum Gasteiger partial charge on any atom is -0.494 e. The number of likely N-dealkylation sites (tertiary alicyclic amines) is 1. The topological polar surface area (TPSA) is 77.7 Å². The third-order valence-corrected chi connectivity index (χ3v) is 6.00. The van der Waals surface area contributed by atoms with Crippen LogP contribution in [0.1, 0.15) is 37.2 Å². The second kappa shape index (κ2) is 9.31. The van der Waals surface area contributed by atoms with Crippen molar-refractivity contribution in [3.63, 3.8) is 0 Å². The number of quaternary nitrogens is 1. The number of rotatable bonds is 7. The fourth-order valence-electron chi connectivity index (χ4n) is 4.38. The minimum absolute atomic E-state index is 0.252. The van der Waals surface area contributed by atoms with Crippen molar-refractivity contribution in [1.29, 1.82) is 0 Å². The summed E-state index contributed by atoms with van der Waals surface area (Å²) >= 11 is 0. The molecule has 1 amide bonds. The summed E-state index contributed by atoms with van der Waals surface area (Å²) in [6.45, 7) is 7.49. The van der Waals surface area contributed by atoms with E-state index in [2.05, 4.69) is 17.3 Å². The molecule has 3 aromatic rings. The highest BCUT2D eigenvalue weighted by atomic mass is 16.5. The average molecular weight is 422 g/mol. The van der Waals surface area contributed by atoms with E-state index in [1.807, 2.05) is 13.0 Å². The number of carbonyl (C=O) groups excluding carboxylic acids is 1. The second-order valence-corrected chi connectivity index (χ2v) is 7.85. The van der Waals surface area contributed by atoms with E-state index in [9.17, 15) is 9.59 Å². The number of fused-ring (bicyclic) bond motifs is 1. The van der Waals surface area contributed by atoms with Gasteiger partial charge in [0.25, 0.3) is 11.5 Å². The van der Waals surface area contributed by atoms with Crippen molar-refractivity contribution in [2.24, 2.45) is 0 Å². The summed E-state index contributed by atoms with van der Waals surface area (Å²) in [7, 11) is 0. The molecule has 0 radical (unpaired) electrons. The van der Waals surface area contributed by atoms with Gasteiger partial charge in [-0.05, 0) is 44.2 Å². The number of hydrogen-bond acceptors (Lipinski definition) is 4. The molecular weight excluding hydrogens is 392 g/mol. The van der Waals surface area contributed by atoms with Crippen LogP contribution >= 0.6 is 0 Å². The Bertz CT molecular complexity index is 1120. The maximum Gasteiger partial charge on any atom is 0.279 e. The molecule has 1 aromatic heterocycles. The van der Waals surface area contributed by atoms with Crippen molar-refractivity contribution in [3.05, 3.63) is 64.6 Å². The lowest BCUT2D eigenvalue weighted by Gasteiger charge is -2.20. The van der Waals surface area contributed by atoms with E-state index in [0.717, 1.165) is 25.3 Å². The van der Waals surface area contributed by atoms with Crippen LogP contribution in [0.4, 0.5) is 0 Å². The van der Waals surface area contributed by atoms with E-state index in [-0.39, 0.29) is 17.2 Å². The van der Waals surface area contributed by atoms with Gasteiger partial charge in [0.1, 0.15) is 11.8 Å². The Hall–Kier alpha value is -3.19. The molecule has 1 saturated heterocycles. The zero-order valence-corrected chi connectivity index (χ0v) is 18.1. The normalized spacial score (nSPS) is 18.3. The van der Waals surface area contributed by atoms with Gasteiger partial charge in [-0.1, -0.05) is 18.2 Å². The van der Waals surface area contributed by atoms with E-state index in [4.69, 9.17) is 4.74 Å². The fraction of sp³-hybridized carbons (Fsp3) is 0.375. The Kier molecular flexibility index (Phi) is 6.32. The van der Waals surface area contributed by atoms with Crippen LogP contribution in [0.15, 0.2) is 53.3 Å². The zero-order valence-electron chi connectivity index (χ0n) is 18.1. The third kappa shape index (κ3) is 4.32. The molecule has 7 nitrogen and oxygen atoms in total. The molecule has 0 aliphatic carbocycles. The van der Waals surface area contributed by atoms with E-state index in [1.165, 1.54) is 16.0 Å². The molecule has 0 saturated carbocycles. The van der Waals surface area contributed by atoms with Gasteiger partial charge in [-0.25, -0.2) is 0 Å².